The molecule has 2 aromatic rings. The molecule has 1 N–H and O–H groups in total. The maximum atomic E-state index is 9.13. The molecular weight excluding hydrogens is 250 g/mol. The van der Waals surface area contributed by atoms with Gasteiger partial charge in [0.2, 0.25) is 0 Å². The largest absolute Gasteiger partial charge is 0.396 e. The molecule has 0 saturated heterocycles. The van der Waals surface area contributed by atoms with Gasteiger partial charge in [0.25, 0.3) is 0 Å². The van der Waals surface area contributed by atoms with E-state index in [0.29, 0.717) is 13.0 Å². The molecule has 0 saturated carbocycles. The average Bonchev–Trinajstić information content (AvgIpc) is 2.53. The molecule has 0 aliphatic rings. The van der Waals surface area contributed by atoms with E-state index in [-0.39, 0.29) is 6.61 Å². The van der Waals surface area contributed by atoms with E-state index >= 15 is 0 Å². The van der Waals surface area contributed by atoms with Crippen LogP contribution in [-0.4, -0.2) is 18.3 Å². The van der Waals surface area contributed by atoms with Gasteiger partial charge >= 0.3 is 0 Å². The summed E-state index contributed by atoms with van der Waals surface area (Å²) < 4.78 is 5.44. The number of aliphatic hydroxyl groups excluding tert-OH is 1. The van der Waals surface area contributed by atoms with E-state index in [1.165, 1.54) is 0 Å². The SMILES string of the molecule is N#CC(OCCCO)c1ccc(-c2ccccc2)cc1. The van der Waals surface area contributed by atoms with Gasteiger partial charge in [0.15, 0.2) is 6.10 Å². The van der Waals surface area contributed by atoms with E-state index in [9.17, 15) is 0 Å². The van der Waals surface area contributed by atoms with Gasteiger partial charge in [0.05, 0.1) is 12.7 Å². The van der Waals surface area contributed by atoms with Crippen molar-refractivity contribution in [3.63, 3.8) is 0 Å². The van der Waals surface area contributed by atoms with Crippen LogP contribution in [0, 0.1) is 11.3 Å². The summed E-state index contributed by atoms with van der Waals surface area (Å²) in [5.41, 5.74) is 3.10. The molecule has 0 heterocycles. The molecule has 0 bridgehead atoms. The summed E-state index contributed by atoms with van der Waals surface area (Å²) >= 11 is 0. The predicted molar refractivity (Wildman–Crippen MR) is 77.9 cm³/mol. The first-order valence-electron chi connectivity index (χ1n) is 6.62. The fraction of sp³-hybridized carbons (Fsp3) is 0.235. The summed E-state index contributed by atoms with van der Waals surface area (Å²) in [4.78, 5) is 0. The highest BCUT2D eigenvalue weighted by molar-refractivity contribution is 5.63. The monoisotopic (exact) mass is 267 g/mol. The summed E-state index contributed by atoms with van der Waals surface area (Å²) in [5, 5.41) is 17.8. The van der Waals surface area contributed by atoms with Crippen molar-refractivity contribution in [3.05, 3.63) is 60.2 Å². The van der Waals surface area contributed by atoms with Crippen molar-refractivity contribution in [3.8, 4) is 17.2 Å². The summed E-state index contributed by atoms with van der Waals surface area (Å²) in [5.74, 6) is 0. The summed E-state index contributed by atoms with van der Waals surface area (Å²) in [7, 11) is 0. The fourth-order valence-corrected chi connectivity index (χ4v) is 1.95. The lowest BCUT2D eigenvalue weighted by Gasteiger charge is -2.11. The van der Waals surface area contributed by atoms with Crippen molar-refractivity contribution < 1.29 is 9.84 Å². The van der Waals surface area contributed by atoms with E-state index in [0.717, 1.165) is 16.7 Å². The van der Waals surface area contributed by atoms with Crippen LogP contribution in [0.3, 0.4) is 0 Å². The Morgan fingerprint density at radius 3 is 2.25 bits per heavy atom. The predicted octanol–water partition coefficient (Wildman–Crippen LogP) is 3.32. The molecule has 0 radical (unpaired) electrons. The molecule has 102 valence electrons. The van der Waals surface area contributed by atoms with Crippen LogP contribution in [0.4, 0.5) is 0 Å². The molecule has 1 unspecified atom stereocenters. The molecule has 1 atom stereocenters. The maximum Gasteiger partial charge on any atom is 0.169 e. The third-order valence-electron chi connectivity index (χ3n) is 3.02. The second kappa shape index (κ2) is 7.44. The summed E-state index contributed by atoms with van der Waals surface area (Å²) in [6.45, 7) is 0.459. The van der Waals surface area contributed by atoms with Crippen molar-refractivity contribution in [2.45, 2.75) is 12.5 Å². The standard InChI is InChI=1S/C17H17NO2/c18-13-17(20-12-4-11-19)16-9-7-15(8-10-16)14-5-2-1-3-6-14/h1-3,5-10,17,19H,4,11-12H2. The smallest absolute Gasteiger partial charge is 0.169 e. The van der Waals surface area contributed by atoms with Crippen LogP contribution < -0.4 is 0 Å². The Balaban J connectivity index is 2.09. The van der Waals surface area contributed by atoms with Crippen LogP contribution in [0.2, 0.25) is 0 Å². The van der Waals surface area contributed by atoms with E-state index in [4.69, 9.17) is 15.1 Å². The van der Waals surface area contributed by atoms with Crippen LogP contribution in [0.25, 0.3) is 11.1 Å². The molecule has 0 amide bonds. The Kier molecular flexibility index (Phi) is 5.31. The van der Waals surface area contributed by atoms with Gasteiger partial charge in [-0.2, -0.15) is 5.26 Å². The normalized spacial score (nSPS) is 11.8. The minimum atomic E-state index is -0.577. The number of ether oxygens (including phenoxy) is 1. The highest BCUT2D eigenvalue weighted by atomic mass is 16.5. The van der Waals surface area contributed by atoms with Crippen molar-refractivity contribution in [1.82, 2.24) is 0 Å². The highest BCUT2D eigenvalue weighted by Crippen LogP contribution is 2.23. The average molecular weight is 267 g/mol. The van der Waals surface area contributed by atoms with Gasteiger partial charge in [-0.1, -0.05) is 54.6 Å². The number of nitrogens with zero attached hydrogens (tertiary/aromatic N) is 1. The van der Waals surface area contributed by atoms with Crippen LogP contribution in [-0.2, 0) is 4.74 Å². The van der Waals surface area contributed by atoms with Crippen LogP contribution in [0.5, 0.6) is 0 Å². The van der Waals surface area contributed by atoms with Crippen molar-refractivity contribution in [2.24, 2.45) is 0 Å². The third-order valence-corrected chi connectivity index (χ3v) is 3.02. The number of benzene rings is 2. The Hall–Kier alpha value is -2.15. The van der Waals surface area contributed by atoms with Gasteiger partial charge in [-0.3, -0.25) is 0 Å². The molecule has 2 aromatic carbocycles. The molecule has 0 aliphatic carbocycles. The molecule has 2 rings (SSSR count). The zero-order chi connectivity index (χ0) is 14.2. The second-order valence-corrected chi connectivity index (χ2v) is 4.45. The number of hydrogen-bond acceptors (Lipinski definition) is 3. The van der Waals surface area contributed by atoms with Crippen molar-refractivity contribution >= 4 is 0 Å². The van der Waals surface area contributed by atoms with E-state index in [1.807, 2.05) is 42.5 Å². The summed E-state index contributed by atoms with van der Waals surface area (Å²) in [6.07, 6.45) is -0.0355. The molecular formula is C17H17NO2. The Morgan fingerprint density at radius 2 is 1.65 bits per heavy atom. The first-order chi connectivity index (χ1) is 9.85. The minimum Gasteiger partial charge on any atom is -0.396 e. The van der Waals surface area contributed by atoms with Crippen molar-refractivity contribution in [1.29, 1.82) is 5.26 Å². The highest BCUT2D eigenvalue weighted by Gasteiger charge is 2.10. The molecule has 0 fully saturated rings. The minimum absolute atomic E-state index is 0.0745. The number of rotatable bonds is 6. The zero-order valence-electron chi connectivity index (χ0n) is 11.2. The quantitative estimate of drug-likeness (QED) is 0.817. The van der Waals surface area contributed by atoms with Gasteiger partial charge in [0, 0.05) is 6.61 Å². The lowest BCUT2D eigenvalue weighted by molar-refractivity contribution is 0.0774. The topological polar surface area (TPSA) is 53.2 Å². The first-order valence-corrected chi connectivity index (χ1v) is 6.62. The molecule has 0 aliphatic heterocycles. The Labute approximate surface area is 119 Å². The van der Waals surface area contributed by atoms with Crippen LogP contribution in [0.1, 0.15) is 18.1 Å². The number of nitriles is 1. The Morgan fingerprint density at radius 1 is 1.00 bits per heavy atom. The number of hydrogen-bond donors (Lipinski definition) is 1. The first kappa shape index (κ1) is 14.3. The zero-order valence-corrected chi connectivity index (χ0v) is 11.2. The lowest BCUT2D eigenvalue weighted by Crippen LogP contribution is -2.04. The van der Waals surface area contributed by atoms with Crippen LogP contribution in [0.15, 0.2) is 54.6 Å². The molecule has 0 aromatic heterocycles. The van der Waals surface area contributed by atoms with Crippen molar-refractivity contribution in [2.75, 3.05) is 13.2 Å². The van der Waals surface area contributed by atoms with Gasteiger partial charge < -0.3 is 9.84 Å². The Bertz CT molecular complexity index is 558. The van der Waals surface area contributed by atoms with E-state index in [1.54, 1.807) is 0 Å². The second-order valence-electron chi connectivity index (χ2n) is 4.45. The number of aliphatic hydroxyl groups is 1. The molecule has 3 heteroatoms. The third kappa shape index (κ3) is 3.67. The molecule has 3 nitrogen and oxygen atoms in total. The maximum absolute atomic E-state index is 9.13. The fourth-order valence-electron chi connectivity index (χ4n) is 1.95. The summed E-state index contributed by atoms with van der Waals surface area (Å²) in [6, 6.07) is 20.0. The van der Waals surface area contributed by atoms with Gasteiger partial charge in [-0.15, -0.1) is 0 Å². The van der Waals surface area contributed by atoms with Crippen LogP contribution >= 0.6 is 0 Å². The van der Waals surface area contributed by atoms with E-state index in [2.05, 4.69) is 18.2 Å². The molecule has 0 spiro atoms. The van der Waals surface area contributed by atoms with E-state index < -0.39 is 6.10 Å². The molecule has 20 heavy (non-hydrogen) atoms. The lowest BCUT2D eigenvalue weighted by atomic mass is 10.0. The van der Waals surface area contributed by atoms with Gasteiger partial charge in [-0.05, 0) is 23.1 Å². The van der Waals surface area contributed by atoms with Gasteiger partial charge in [0.1, 0.15) is 0 Å². The van der Waals surface area contributed by atoms with Gasteiger partial charge in [-0.25, -0.2) is 0 Å².